The van der Waals surface area contributed by atoms with Gasteiger partial charge in [-0.25, -0.2) is 0 Å². The highest BCUT2D eigenvalue weighted by Gasteiger charge is 2.21. The maximum Gasteiger partial charge on any atom is 0.255 e. The van der Waals surface area contributed by atoms with Gasteiger partial charge in [-0.2, -0.15) is 0 Å². The van der Waals surface area contributed by atoms with Crippen LogP contribution >= 0.6 is 11.3 Å². The fraction of sp³-hybridized carbons (Fsp3) is 0.235. The molecule has 0 aliphatic carbocycles. The third-order valence-electron chi connectivity index (χ3n) is 3.41. The molecular weight excluding hydrogens is 298 g/mol. The summed E-state index contributed by atoms with van der Waals surface area (Å²) >= 11 is 1.64. The third kappa shape index (κ3) is 3.14. The van der Waals surface area contributed by atoms with Crippen molar-refractivity contribution in [3.63, 3.8) is 0 Å². The number of furan rings is 2. The Kier molecular flexibility index (Phi) is 4.15. The Morgan fingerprint density at radius 2 is 1.68 bits per heavy atom. The van der Waals surface area contributed by atoms with Gasteiger partial charge in [-0.05, 0) is 44.2 Å². The van der Waals surface area contributed by atoms with Gasteiger partial charge < -0.3 is 13.7 Å². The van der Waals surface area contributed by atoms with Crippen LogP contribution in [0.5, 0.6) is 0 Å². The van der Waals surface area contributed by atoms with Crippen molar-refractivity contribution in [2.75, 3.05) is 0 Å². The second-order valence-electron chi connectivity index (χ2n) is 5.15. The molecule has 0 fully saturated rings. The van der Waals surface area contributed by atoms with Gasteiger partial charge in [0.05, 0.1) is 31.2 Å². The Labute approximate surface area is 133 Å². The molecule has 5 heteroatoms. The molecule has 0 saturated carbocycles. The SMILES string of the molecule is Cc1cc(C(=O)N(Cc2ccco2)Cc2ccco2)c(C)s1. The van der Waals surface area contributed by atoms with Crippen LogP contribution in [0.1, 0.15) is 31.6 Å². The van der Waals surface area contributed by atoms with Crippen molar-refractivity contribution in [1.29, 1.82) is 0 Å². The molecule has 0 bridgehead atoms. The van der Waals surface area contributed by atoms with E-state index < -0.39 is 0 Å². The summed E-state index contributed by atoms with van der Waals surface area (Å²) in [6.45, 7) is 4.82. The van der Waals surface area contributed by atoms with Gasteiger partial charge in [-0.15, -0.1) is 11.3 Å². The van der Waals surface area contributed by atoms with Crippen molar-refractivity contribution in [2.45, 2.75) is 26.9 Å². The number of hydrogen-bond donors (Lipinski definition) is 0. The minimum atomic E-state index is -0.00495. The predicted octanol–water partition coefficient (Wildman–Crippen LogP) is 4.39. The van der Waals surface area contributed by atoms with E-state index in [1.54, 1.807) is 28.8 Å². The molecule has 1 amide bonds. The molecule has 3 heterocycles. The molecule has 0 N–H and O–H groups in total. The molecule has 0 aliphatic rings. The largest absolute Gasteiger partial charge is 0.467 e. The Morgan fingerprint density at radius 1 is 1.09 bits per heavy atom. The summed E-state index contributed by atoms with van der Waals surface area (Å²) in [6.07, 6.45) is 3.23. The number of hydrogen-bond acceptors (Lipinski definition) is 4. The quantitative estimate of drug-likeness (QED) is 0.701. The fourth-order valence-electron chi connectivity index (χ4n) is 2.39. The lowest BCUT2D eigenvalue weighted by Gasteiger charge is -2.20. The van der Waals surface area contributed by atoms with Crippen LogP contribution in [0, 0.1) is 13.8 Å². The molecule has 0 aromatic carbocycles. The highest BCUT2D eigenvalue weighted by atomic mass is 32.1. The molecule has 3 aromatic rings. The van der Waals surface area contributed by atoms with Crippen molar-refractivity contribution in [1.82, 2.24) is 4.90 Å². The van der Waals surface area contributed by atoms with Gasteiger partial charge in [0.25, 0.3) is 5.91 Å². The standard InChI is InChI=1S/C17H17NO3S/c1-12-9-16(13(2)22-12)17(19)18(10-14-5-3-7-20-14)11-15-6-4-8-21-15/h3-9H,10-11H2,1-2H3. The summed E-state index contributed by atoms with van der Waals surface area (Å²) in [4.78, 5) is 16.8. The number of thiophene rings is 1. The smallest absolute Gasteiger partial charge is 0.255 e. The van der Waals surface area contributed by atoms with Gasteiger partial charge in [0.1, 0.15) is 11.5 Å². The lowest BCUT2D eigenvalue weighted by atomic mass is 10.2. The lowest BCUT2D eigenvalue weighted by molar-refractivity contribution is 0.0704. The fourth-order valence-corrected chi connectivity index (χ4v) is 3.31. The molecule has 0 atom stereocenters. The molecule has 0 spiro atoms. The summed E-state index contributed by atoms with van der Waals surface area (Å²) < 4.78 is 10.8. The number of carbonyl (C=O) groups is 1. The number of amides is 1. The van der Waals surface area contributed by atoms with Crippen molar-refractivity contribution in [3.8, 4) is 0 Å². The summed E-state index contributed by atoms with van der Waals surface area (Å²) in [5.41, 5.74) is 0.751. The van der Waals surface area contributed by atoms with Crippen molar-refractivity contribution >= 4 is 17.2 Å². The highest BCUT2D eigenvalue weighted by Crippen LogP contribution is 2.24. The second-order valence-corrected chi connectivity index (χ2v) is 6.61. The van der Waals surface area contributed by atoms with Crippen LogP contribution < -0.4 is 0 Å². The van der Waals surface area contributed by atoms with Crippen LogP contribution in [-0.4, -0.2) is 10.8 Å². The van der Waals surface area contributed by atoms with Crippen LogP contribution in [0.25, 0.3) is 0 Å². The van der Waals surface area contributed by atoms with Gasteiger partial charge in [0, 0.05) is 9.75 Å². The number of carbonyl (C=O) groups excluding carboxylic acids is 1. The number of nitrogens with zero attached hydrogens (tertiary/aromatic N) is 1. The molecule has 0 aliphatic heterocycles. The normalized spacial score (nSPS) is 10.8. The monoisotopic (exact) mass is 315 g/mol. The van der Waals surface area contributed by atoms with E-state index in [1.165, 1.54) is 0 Å². The van der Waals surface area contributed by atoms with E-state index in [-0.39, 0.29) is 5.91 Å². The molecule has 4 nitrogen and oxygen atoms in total. The molecule has 3 rings (SSSR count). The first-order valence-electron chi connectivity index (χ1n) is 7.04. The van der Waals surface area contributed by atoms with Crippen molar-refractivity contribution in [3.05, 3.63) is 69.7 Å². The zero-order valence-corrected chi connectivity index (χ0v) is 13.4. The van der Waals surface area contributed by atoms with E-state index >= 15 is 0 Å². The Morgan fingerprint density at radius 3 is 2.09 bits per heavy atom. The summed E-state index contributed by atoms with van der Waals surface area (Å²) in [5.74, 6) is 1.50. The summed E-state index contributed by atoms with van der Waals surface area (Å²) in [7, 11) is 0. The van der Waals surface area contributed by atoms with Crippen LogP contribution in [0.15, 0.2) is 51.7 Å². The van der Waals surface area contributed by atoms with E-state index in [2.05, 4.69) is 0 Å². The molecule has 114 valence electrons. The maximum atomic E-state index is 12.9. The molecular formula is C17H17NO3S. The topological polar surface area (TPSA) is 46.6 Å². The van der Waals surface area contributed by atoms with Crippen molar-refractivity contribution < 1.29 is 13.6 Å². The molecule has 22 heavy (non-hydrogen) atoms. The number of aryl methyl sites for hydroxylation is 2. The zero-order chi connectivity index (χ0) is 15.5. The third-order valence-corrected chi connectivity index (χ3v) is 4.38. The van der Waals surface area contributed by atoms with E-state index in [4.69, 9.17) is 8.83 Å². The zero-order valence-electron chi connectivity index (χ0n) is 12.5. The molecule has 3 aromatic heterocycles. The first kappa shape index (κ1) is 14.7. The average Bonchev–Trinajstić information content (AvgIpc) is 3.20. The average molecular weight is 315 g/mol. The van der Waals surface area contributed by atoms with E-state index in [0.29, 0.717) is 13.1 Å². The minimum Gasteiger partial charge on any atom is -0.467 e. The minimum absolute atomic E-state index is 0.00495. The summed E-state index contributed by atoms with van der Waals surface area (Å²) in [6, 6.07) is 9.33. The van der Waals surface area contributed by atoms with E-state index in [9.17, 15) is 4.79 Å². The first-order chi connectivity index (χ1) is 10.6. The van der Waals surface area contributed by atoms with Gasteiger partial charge in [0.2, 0.25) is 0 Å². The molecule has 0 radical (unpaired) electrons. The molecule has 0 saturated heterocycles. The lowest BCUT2D eigenvalue weighted by Crippen LogP contribution is -2.30. The van der Waals surface area contributed by atoms with Gasteiger partial charge >= 0.3 is 0 Å². The number of rotatable bonds is 5. The Bertz CT molecular complexity index is 705. The van der Waals surface area contributed by atoms with Crippen LogP contribution in [0.4, 0.5) is 0 Å². The van der Waals surface area contributed by atoms with E-state index in [0.717, 1.165) is 26.8 Å². The van der Waals surface area contributed by atoms with Crippen LogP contribution in [0.2, 0.25) is 0 Å². The highest BCUT2D eigenvalue weighted by molar-refractivity contribution is 7.12. The Hall–Kier alpha value is -2.27. The van der Waals surface area contributed by atoms with Gasteiger partial charge in [-0.3, -0.25) is 4.79 Å². The van der Waals surface area contributed by atoms with Gasteiger partial charge in [-0.1, -0.05) is 0 Å². The second kappa shape index (κ2) is 6.23. The maximum absolute atomic E-state index is 12.9. The van der Waals surface area contributed by atoms with Gasteiger partial charge in [0.15, 0.2) is 0 Å². The van der Waals surface area contributed by atoms with Crippen molar-refractivity contribution in [2.24, 2.45) is 0 Å². The van der Waals surface area contributed by atoms with Crippen LogP contribution in [-0.2, 0) is 13.1 Å². The first-order valence-corrected chi connectivity index (χ1v) is 7.86. The van der Waals surface area contributed by atoms with E-state index in [1.807, 2.05) is 44.2 Å². The molecule has 0 unspecified atom stereocenters. The van der Waals surface area contributed by atoms with Crippen LogP contribution in [0.3, 0.4) is 0 Å². The Balaban J connectivity index is 1.86. The summed E-state index contributed by atoms with van der Waals surface area (Å²) in [5, 5.41) is 0. The predicted molar refractivity (Wildman–Crippen MR) is 84.8 cm³/mol.